The highest BCUT2D eigenvalue weighted by molar-refractivity contribution is 6.42. The first-order valence-corrected chi connectivity index (χ1v) is 13.6. The van der Waals surface area contributed by atoms with Crippen LogP contribution in [0.5, 0.6) is 5.75 Å². The first-order chi connectivity index (χ1) is 19.5. The summed E-state index contributed by atoms with van der Waals surface area (Å²) in [4.78, 5) is 19.6. The first kappa shape index (κ1) is 30.4. The molecule has 4 rings (SSSR count). The maximum atomic E-state index is 13.7. The van der Waals surface area contributed by atoms with E-state index in [1.807, 2.05) is 6.92 Å². The molecule has 1 heterocycles. The molecule has 1 amide bonds. The lowest BCUT2D eigenvalue weighted by molar-refractivity contribution is -0.138. The summed E-state index contributed by atoms with van der Waals surface area (Å²) in [5, 5.41) is 18.5. The minimum Gasteiger partial charge on any atom is -0.497 e. The van der Waals surface area contributed by atoms with E-state index in [0.717, 1.165) is 25.0 Å². The van der Waals surface area contributed by atoms with Crippen molar-refractivity contribution in [3.63, 3.8) is 0 Å². The number of carbonyl (C=O) groups is 1. The number of nitrogens with one attached hydrogen (secondary N) is 1. The zero-order chi connectivity index (χ0) is 29.9. The first-order valence-electron chi connectivity index (χ1n) is 12.8. The third kappa shape index (κ3) is 6.69. The van der Waals surface area contributed by atoms with Crippen LogP contribution in [0.4, 0.5) is 18.9 Å². The highest BCUT2D eigenvalue weighted by Gasteiger charge is 2.41. The molecule has 3 atom stereocenters. The van der Waals surface area contributed by atoms with Crippen LogP contribution in [0.15, 0.2) is 46.5 Å². The Kier molecular flexibility index (Phi) is 9.31. The van der Waals surface area contributed by atoms with Gasteiger partial charge in [-0.1, -0.05) is 35.7 Å². The number of methoxy groups -OCH3 is 1. The summed E-state index contributed by atoms with van der Waals surface area (Å²) >= 11 is 12.4. The molecule has 3 N–H and O–H groups in total. The predicted molar refractivity (Wildman–Crippen MR) is 150 cm³/mol. The Morgan fingerprint density at radius 2 is 2.02 bits per heavy atom. The van der Waals surface area contributed by atoms with Crippen LogP contribution in [0.2, 0.25) is 10.0 Å². The fourth-order valence-electron chi connectivity index (χ4n) is 5.06. The number of aliphatic imine (C=N–C) groups is 1. The molecule has 1 unspecified atom stereocenters. The SMILES string of the molecule is CCN(C(=O)[C@@H]1CCC[C@@H]1N)C1CN(C(=Nc2cc(OC)cc(C(F)(F)F)c2)NC#N)N=C1c1ccc(Cl)c(Cl)c1. The number of hydrazone groups is 1. The molecule has 1 fully saturated rings. The third-order valence-corrected chi connectivity index (χ3v) is 7.83. The van der Waals surface area contributed by atoms with E-state index >= 15 is 0 Å². The highest BCUT2D eigenvalue weighted by Crippen LogP contribution is 2.35. The fraction of sp³-hybridized carbons (Fsp3) is 0.407. The number of alkyl halides is 3. The summed E-state index contributed by atoms with van der Waals surface area (Å²) in [6, 6.07) is 7.04. The van der Waals surface area contributed by atoms with Crippen LogP contribution in [0.3, 0.4) is 0 Å². The standard InChI is InChI=1S/C27H28Cl2F3N7O2/c1-3-38(25(40)19-5-4-6-22(19)34)23-13-39(37-24(23)15-7-8-20(28)21(29)9-15)26(35-14-33)36-17-10-16(27(30,31)32)11-18(12-17)41-2/h7-12,19,22-23H,3-6,13,34H2,1-2H3,(H,35,36)/t19-,22+,23?/m1/s1. The molecule has 0 aromatic heterocycles. The number of nitriles is 1. The van der Waals surface area contributed by atoms with Crippen LogP contribution in [0, 0.1) is 17.4 Å². The molecule has 1 saturated carbocycles. The van der Waals surface area contributed by atoms with Crippen molar-refractivity contribution >= 4 is 46.5 Å². The molecule has 218 valence electrons. The van der Waals surface area contributed by atoms with E-state index in [1.165, 1.54) is 18.2 Å². The van der Waals surface area contributed by atoms with Crippen molar-refractivity contribution in [2.45, 2.75) is 44.4 Å². The second-order valence-electron chi connectivity index (χ2n) is 9.63. The van der Waals surface area contributed by atoms with Crippen LogP contribution in [0.25, 0.3) is 0 Å². The molecule has 0 bridgehead atoms. The maximum Gasteiger partial charge on any atom is 0.416 e. The molecule has 1 aliphatic heterocycles. The van der Waals surface area contributed by atoms with Crippen LogP contribution < -0.4 is 15.8 Å². The summed E-state index contributed by atoms with van der Waals surface area (Å²) in [5.74, 6) is -0.673. The van der Waals surface area contributed by atoms with E-state index < -0.39 is 17.8 Å². The summed E-state index contributed by atoms with van der Waals surface area (Å²) in [6.45, 7) is 2.23. The molecule has 2 aromatic carbocycles. The van der Waals surface area contributed by atoms with Gasteiger partial charge in [0, 0.05) is 24.2 Å². The molecule has 0 saturated heterocycles. The van der Waals surface area contributed by atoms with Crippen LogP contribution >= 0.6 is 23.2 Å². The fourth-order valence-corrected chi connectivity index (χ4v) is 5.36. The van der Waals surface area contributed by atoms with Crippen LogP contribution in [-0.2, 0) is 11.0 Å². The van der Waals surface area contributed by atoms with Crippen molar-refractivity contribution in [3.8, 4) is 11.9 Å². The lowest BCUT2D eigenvalue weighted by atomic mass is 9.98. The smallest absolute Gasteiger partial charge is 0.416 e. The van der Waals surface area contributed by atoms with E-state index in [-0.39, 0.29) is 46.8 Å². The van der Waals surface area contributed by atoms with Gasteiger partial charge >= 0.3 is 6.18 Å². The predicted octanol–water partition coefficient (Wildman–Crippen LogP) is 5.14. The number of guanidine groups is 1. The molecule has 2 aromatic rings. The zero-order valence-corrected chi connectivity index (χ0v) is 23.8. The average Bonchev–Trinajstić information content (AvgIpc) is 3.56. The van der Waals surface area contributed by atoms with Gasteiger partial charge in [0.15, 0.2) is 6.19 Å². The van der Waals surface area contributed by atoms with Gasteiger partial charge < -0.3 is 15.4 Å². The van der Waals surface area contributed by atoms with E-state index in [0.29, 0.717) is 29.3 Å². The Hall–Kier alpha value is -3.53. The lowest BCUT2D eigenvalue weighted by Gasteiger charge is -2.32. The Balaban J connectivity index is 1.79. The number of rotatable bonds is 6. The Morgan fingerprint density at radius 3 is 2.61 bits per heavy atom. The Labute approximate surface area is 245 Å². The number of nitrogens with zero attached hydrogens (tertiary/aromatic N) is 5. The lowest BCUT2D eigenvalue weighted by Crippen LogP contribution is -2.51. The topological polar surface area (TPSA) is 119 Å². The van der Waals surface area contributed by atoms with E-state index in [9.17, 15) is 23.2 Å². The second kappa shape index (κ2) is 12.5. The van der Waals surface area contributed by atoms with Gasteiger partial charge in [0.1, 0.15) is 5.75 Å². The van der Waals surface area contributed by atoms with Crippen molar-refractivity contribution in [1.29, 1.82) is 5.26 Å². The molecule has 0 spiro atoms. The van der Waals surface area contributed by atoms with E-state index in [4.69, 9.17) is 33.7 Å². The van der Waals surface area contributed by atoms with Crippen LogP contribution in [0.1, 0.15) is 37.3 Å². The number of hydrogen-bond acceptors (Lipinski definition) is 6. The molecular formula is C27H28Cl2F3N7O2. The number of amides is 1. The summed E-state index contributed by atoms with van der Waals surface area (Å²) in [6.07, 6.45) is -0.615. The van der Waals surface area contributed by atoms with Crippen molar-refractivity contribution in [1.82, 2.24) is 15.2 Å². The average molecular weight is 610 g/mol. The molecule has 1 aliphatic carbocycles. The molecule has 2 aliphatic rings. The van der Waals surface area contributed by atoms with Gasteiger partial charge in [0.2, 0.25) is 11.9 Å². The van der Waals surface area contributed by atoms with Gasteiger partial charge in [0.25, 0.3) is 0 Å². The number of benzene rings is 2. The summed E-state index contributed by atoms with van der Waals surface area (Å²) in [7, 11) is 1.24. The Morgan fingerprint density at radius 1 is 1.27 bits per heavy atom. The van der Waals surface area contributed by atoms with E-state index in [2.05, 4.69) is 15.4 Å². The number of carbonyl (C=O) groups excluding carboxylic acids is 1. The molecular weight excluding hydrogens is 582 g/mol. The summed E-state index contributed by atoms with van der Waals surface area (Å²) < 4.78 is 45.6. The van der Waals surface area contributed by atoms with Crippen LogP contribution in [-0.4, -0.2) is 59.8 Å². The number of hydrogen-bond donors (Lipinski definition) is 2. The molecule has 41 heavy (non-hydrogen) atoms. The van der Waals surface area contributed by atoms with Crippen molar-refractivity contribution < 1.29 is 22.7 Å². The number of nitrogens with two attached hydrogens (primary N) is 1. The Bertz CT molecular complexity index is 1410. The highest BCUT2D eigenvalue weighted by atomic mass is 35.5. The monoisotopic (exact) mass is 609 g/mol. The van der Waals surface area contributed by atoms with Gasteiger partial charge in [-0.25, -0.2) is 10.0 Å². The van der Waals surface area contributed by atoms with Gasteiger partial charge in [-0.2, -0.15) is 23.5 Å². The molecule has 9 nitrogen and oxygen atoms in total. The van der Waals surface area contributed by atoms with Gasteiger partial charge in [-0.3, -0.25) is 10.1 Å². The maximum absolute atomic E-state index is 13.7. The quantitative estimate of drug-likeness (QED) is 0.202. The van der Waals surface area contributed by atoms with Crippen molar-refractivity contribution in [2.24, 2.45) is 21.7 Å². The molecule has 0 radical (unpaired) electrons. The van der Waals surface area contributed by atoms with Gasteiger partial charge in [-0.15, -0.1) is 0 Å². The number of ether oxygens (including phenoxy) is 1. The summed E-state index contributed by atoms with van der Waals surface area (Å²) in [5.41, 5.74) is 6.17. The minimum atomic E-state index is -4.65. The van der Waals surface area contributed by atoms with E-state index in [1.54, 1.807) is 29.3 Å². The number of halogens is 5. The normalized spacial score (nSPS) is 21.0. The molecule has 14 heteroatoms. The van der Waals surface area contributed by atoms with Gasteiger partial charge in [0.05, 0.1) is 52.6 Å². The van der Waals surface area contributed by atoms with Crippen molar-refractivity contribution in [3.05, 3.63) is 57.6 Å². The second-order valence-corrected chi connectivity index (χ2v) is 10.4. The largest absolute Gasteiger partial charge is 0.497 e. The zero-order valence-electron chi connectivity index (χ0n) is 22.3. The minimum absolute atomic E-state index is 0.0563. The van der Waals surface area contributed by atoms with Gasteiger partial charge in [-0.05, 0) is 44.0 Å². The van der Waals surface area contributed by atoms with Crippen molar-refractivity contribution in [2.75, 3.05) is 20.2 Å². The number of likely N-dealkylation sites (N-methyl/N-ethyl adjacent to an activating group) is 1. The third-order valence-electron chi connectivity index (χ3n) is 7.09.